The van der Waals surface area contributed by atoms with Gasteiger partial charge in [-0.1, -0.05) is 0 Å². The molecule has 20 heavy (non-hydrogen) atoms. The minimum absolute atomic E-state index is 0.113. The summed E-state index contributed by atoms with van der Waals surface area (Å²) in [6, 6.07) is 0.124. The second-order valence-corrected chi connectivity index (χ2v) is 4.92. The van der Waals surface area contributed by atoms with Crippen molar-refractivity contribution in [3.8, 4) is 5.75 Å². The van der Waals surface area contributed by atoms with Crippen LogP contribution in [0, 0.1) is 23.3 Å². The Morgan fingerprint density at radius 2 is 1.70 bits per heavy atom. The topological polar surface area (TPSA) is 55.5 Å². The molecule has 0 saturated carbocycles. The smallest absolute Gasteiger partial charge is 0.203 e. The molecule has 3 nitrogen and oxygen atoms in total. The fourth-order valence-electron chi connectivity index (χ4n) is 1.56. The Bertz CT molecular complexity index is 440. The van der Waals surface area contributed by atoms with E-state index in [2.05, 4.69) is 0 Å². The van der Waals surface area contributed by atoms with Crippen molar-refractivity contribution < 1.29 is 27.4 Å². The molecule has 0 saturated heterocycles. The predicted octanol–water partition coefficient (Wildman–Crippen LogP) is 2.50. The van der Waals surface area contributed by atoms with Gasteiger partial charge in [-0.15, -0.1) is 0 Å². The zero-order valence-electron chi connectivity index (χ0n) is 11.1. The van der Waals surface area contributed by atoms with Crippen molar-refractivity contribution in [2.24, 2.45) is 5.73 Å². The molecule has 0 aliphatic heterocycles. The van der Waals surface area contributed by atoms with Crippen LogP contribution in [-0.2, 0) is 0 Å². The first kappa shape index (κ1) is 16.7. The number of rotatable bonds is 7. The Hall–Kier alpha value is -1.34. The van der Waals surface area contributed by atoms with Gasteiger partial charge in [0.15, 0.2) is 17.4 Å². The van der Waals surface area contributed by atoms with Crippen molar-refractivity contribution in [3.05, 3.63) is 29.3 Å². The summed E-state index contributed by atoms with van der Waals surface area (Å²) in [4.78, 5) is 0. The van der Waals surface area contributed by atoms with Crippen LogP contribution in [0.3, 0.4) is 0 Å². The number of halogens is 4. The molecule has 0 radical (unpaired) electrons. The van der Waals surface area contributed by atoms with E-state index < -0.39 is 34.6 Å². The van der Waals surface area contributed by atoms with Gasteiger partial charge in [0.05, 0.1) is 13.2 Å². The number of aliphatic hydroxyl groups excluding tert-OH is 1. The second-order valence-electron chi connectivity index (χ2n) is 4.92. The highest BCUT2D eigenvalue weighted by atomic mass is 19.2. The molecule has 7 heteroatoms. The molecule has 1 aromatic rings. The monoisotopic (exact) mass is 295 g/mol. The lowest BCUT2D eigenvalue weighted by molar-refractivity contribution is 0.192. The Balaban J connectivity index is 2.51. The molecule has 1 atom stereocenters. The Morgan fingerprint density at radius 1 is 1.15 bits per heavy atom. The first-order valence-corrected chi connectivity index (χ1v) is 6.14. The van der Waals surface area contributed by atoms with Crippen LogP contribution in [0.5, 0.6) is 5.75 Å². The molecule has 0 aromatic heterocycles. The predicted molar refractivity (Wildman–Crippen MR) is 65.3 cm³/mol. The van der Waals surface area contributed by atoms with Crippen molar-refractivity contribution >= 4 is 0 Å². The van der Waals surface area contributed by atoms with Gasteiger partial charge < -0.3 is 15.6 Å². The van der Waals surface area contributed by atoms with Gasteiger partial charge in [-0.3, -0.25) is 0 Å². The number of ether oxygens (including phenoxy) is 1. The van der Waals surface area contributed by atoms with Gasteiger partial charge in [0.2, 0.25) is 11.6 Å². The number of nitrogens with two attached hydrogens (primary N) is 1. The maximum Gasteiger partial charge on any atom is 0.203 e. The zero-order chi connectivity index (χ0) is 15.3. The van der Waals surface area contributed by atoms with Crippen molar-refractivity contribution in [1.82, 2.24) is 0 Å². The molecule has 1 aromatic carbocycles. The third kappa shape index (κ3) is 4.35. The highest BCUT2D eigenvalue weighted by Gasteiger charge is 2.20. The van der Waals surface area contributed by atoms with E-state index >= 15 is 0 Å². The maximum atomic E-state index is 13.2. The van der Waals surface area contributed by atoms with Crippen LogP contribution in [0.4, 0.5) is 17.6 Å². The molecule has 0 aliphatic rings. The van der Waals surface area contributed by atoms with E-state index in [1.54, 1.807) is 6.92 Å². The second kappa shape index (κ2) is 6.90. The van der Waals surface area contributed by atoms with Crippen molar-refractivity contribution in [2.75, 3.05) is 13.2 Å². The summed E-state index contributed by atoms with van der Waals surface area (Å²) in [5.74, 6) is -7.17. The normalized spacial score (nSPS) is 14.2. The number of unbranched alkanes of at least 4 members (excludes halogenated alkanes) is 1. The van der Waals surface area contributed by atoms with Crippen molar-refractivity contribution in [2.45, 2.75) is 31.7 Å². The quantitative estimate of drug-likeness (QED) is 0.461. The maximum absolute atomic E-state index is 13.2. The van der Waals surface area contributed by atoms with Gasteiger partial charge in [-0.05, 0) is 26.2 Å². The van der Waals surface area contributed by atoms with Crippen LogP contribution >= 0.6 is 0 Å². The number of hydrogen-bond donors (Lipinski definition) is 2. The summed E-state index contributed by atoms with van der Waals surface area (Å²) < 4.78 is 57.0. The average Bonchev–Trinajstić information content (AvgIpc) is 2.39. The molecule has 0 spiro atoms. The molecule has 0 fully saturated rings. The Morgan fingerprint density at radius 3 is 2.20 bits per heavy atom. The summed E-state index contributed by atoms with van der Waals surface area (Å²) >= 11 is 0. The van der Waals surface area contributed by atoms with Crippen LogP contribution in [0.15, 0.2) is 6.07 Å². The molecular formula is C13H17F4NO2. The molecule has 0 bridgehead atoms. The van der Waals surface area contributed by atoms with Crippen LogP contribution in [0.2, 0.25) is 0 Å². The number of benzene rings is 1. The minimum atomic E-state index is -1.55. The third-order valence-electron chi connectivity index (χ3n) is 2.82. The molecular weight excluding hydrogens is 278 g/mol. The van der Waals surface area contributed by atoms with Crippen LogP contribution < -0.4 is 10.5 Å². The van der Waals surface area contributed by atoms with Gasteiger partial charge in [-0.25, -0.2) is 8.78 Å². The van der Waals surface area contributed by atoms with E-state index in [9.17, 15) is 17.6 Å². The van der Waals surface area contributed by atoms with Crippen molar-refractivity contribution in [3.63, 3.8) is 0 Å². The summed E-state index contributed by atoms with van der Waals surface area (Å²) in [5, 5.41) is 8.92. The van der Waals surface area contributed by atoms with Crippen LogP contribution in [0.25, 0.3) is 0 Å². The van der Waals surface area contributed by atoms with Gasteiger partial charge in [-0.2, -0.15) is 8.78 Å². The zero-order valence-corrected chi connectivity index (χ0v) is 11.1. The molecule has 3 N–H and O–H groups in total. The molecule has 0 aliphatic carbocycles. The summed E-state index contributed by atoms with van der Waals surface area (Å²) in [6.45, 7) is 1.36. The van der Waals surface area contributed by atoms with Crippen LogP contribution in [-0.4, -0.2) is 23.9 Å². The van der Waals surface area contributed by atoms with E-state index in [1.165, 1.54) is 0 Å². The molecule has 0 heterocycles. The molecule has 0 amide bonds. The fraction of sp³-hybridized carbons (Fsp3) is 0.538. The minimum Gasteiger partial charge on any atom is -0.487 e. The third-order valence-corrected chi connectivity index (χ3v) is 2.82. The summed E-state index contributed by atoms with van der Waals surface area (Å²) in [5.41, 5.74) is 4.95. The van der Waals surface area contributed by atoms with E-state index in [0.717, 1.165) is 0 Å². The lowest BCUT2D eigenvalue weighted by atomic mass is 9.97. The fourth-order valence-corrected chi connectivity index (χ4v) is 1.56. The van der Waals surface area contributed by atoms with Crippen LogP contribution in [0.1, 0.15) is 26.2 Å². The van der Waals surface area contributed by atoms with E-state index in [4.69, 9.17) is 15.6 Å². The first-order valence-electron chi connectivity index (χ1n) is 6.14. The van der Waals surface area contributed by atoms with E-state index in [1.807, 2.05) is 0 Å². The Labute approximate surface area is 114 Å². The number of hydrogen-bond acceptors (Lipinski definition) is 3. The number of aliphatic hydroxyl groups is 1. The van der Waals surface area contributed by atoms with Gasteiger partial charge in [0, 0.05) is 11.6 Å². The standard InChI is InChI=1S/C13H17F4NO2/c1-13(18,7-19)4-2-3-5-20-12-10(16)8(14)6-9(15)11(12)17/h6,19H,2-5,7,18H2,1H3. The highest BCUT2D eigenvalue weighted by molar-refractivity contribution is 5.28. The van der Waals surface area contributed by atoms with E-state index in [0.29, 0.717) is 19.3 Å². The average molecular weight is 295 g/mol. The van der Waals surface area contributed by atoms with E-state index in [-0.39, 0.29) is 19.3 Å². The van der Waals surface area contributed by atoms with Gasteiger partial charge >= 0.3 is 0 Å². The van der Waals surface area contributed by atoms with Gasteiger partial charge in [0.1, 0.15) is 0 Å². The Kier molecular flexibility index (Phi) is 5.76. The SMILES string of the molecule is CC(N)(CO)CCCCOc1c(F)c(F)cc(F)c1F. The first-order chi connectivity index (χ1) is 9.28. The summed E-state index contributed by atoms with van der Waals surface area (Å²) in [6.07, 6.45) is 1.40. The lowest BCUT2D eigenvalue weighted by Gasteiger charge is -2.21. The van der Waals surface area contributed by atoms with Gasteiger partial charge in [0.25, 0.3) is 0 Å². The molecule has 114 valence electrons. The highest BCUT2D eigenvalue weighted by Crippen LogP contribution is 2.26. The largest absolute Gasteiger partial charge is 0.487 e. The summed E-state index contributed by atoms with van der Waals surface area (Å²) in [7, 11) is 0. The van der Waals surface area contributed by atoms with Crippen molar-refractivity contribution in [1.29, 1.82) is 0 Å². The lowest BCUT2D eigenvalue weighted by Crippen LogP contribution is -2.39. The molecule has 1 rings (SSSR count). The molecule has 1 unspecified atom stereocenters.